The molecule has 0 spiro atoms. The molecule has 3 rings (SSSR count). The fraction of sp³-hybridized carbons (Fsp3) is 0.316. The van der Waals surface area contributed by atoms with Crippen LogP contribution in [-0.4, -0.2) is 26.9 Å². The van der Waals surface area contributed by atoms with Gasteiger partial charge in [-0.3, -0.25) is 4.79 Å². The van der Waals surface area contributed by atoms with Crippen LogP contribution in [0.5, 0.6) is 0 Å². The largest absolute Gasteiger partial charge is 0.359 e. The highest BCUT2D eigenvalue weighted by Crippen LogP contribution is 2.31. The first-order valence-corrected chi connectivity index (χ1v) is 10.00. The molecule has 6 nitrogen and oxygen atoms in total. The van der Waals surface area contributed by atoms with Crippen LogP contribution in [0, 0.1) is 13.8 Å². The number of benzene rings is 2. The van der Waals surface area contributed by atoms with Crippen LogP contribution in [0.3, 0.4) is 0 Å². The number of para-hydroxylation sites is 1. The molecule has 1 atom stereocenters. The Morgan fingerprint density at radius 3 is 2.65 bits per heavy atom. The van der Waals surface area contributed by atoms with Crippen molar-refractivity contribution in [1.29, 1.82) is 0 Å². The smallest absolute Gasteiger partial charge is 0.243 e. The van der Waals surface area contributed by atoms with Crippen molar-refractivity contribution in [2.45, 2.75) is 38.1 Å². The third-order valence-corrected chi connectivity index (χ3v) is 5.80. The van der Waals surface area contributed by atoms with Crippen molar-refractivity contribution >= 4 is 27.3 Å². The summed E-state index contributed by atoms with van der Waals surface area (Å²) in [6.07, 6.45) is 0.905. The first kappa shape index (κ1) is 18.4. The lowest BCUT2D eigenvalue weighted by molar-refractivity contribution is -0.115. The van der Waals surface area contributed by atoms with Crippen molar-refractivity contribution in [2.75, 3.05) is 16.8 Å². The van der Waals surface area contributed by atoms with Gasteiger partial charge in [0.1, 0.15) is 0 Å². The summed E-state index contributed by atoms with van der Waals surface area (Å²) in [4.78, 5) is 14.7. The van der Waals surface area contributed by atoms with E-state index in [-0.39, 0.29) is 23.4 Å². The molecule has 0 bridgehead atoms. The average molecular weight is 373 g/mol. The Kier molecular flexibility index (Phi) is 4.77. The van der Waals surface area contributed by atoms with Crippen molar-refractivity contribution in [2.24, 2.45) is 5.14 Å². The Hall–Kier alpha value is -2.38. The zero-order valence-electron chi connectivity index (χ0n) is 15.1. The molecule has 1 aliphatic heterocycles. The molecular formula is C19H23N3O3S. The fourth-order valence-electron chi connectivity index (χ4n) is 3.34. The standard InChI is InChI=1S/C19H23N3O3S/c1-12-8-16(26(20,24)25)10-17(14(12)3)21-19(23)11-22-13(2)9-15-6-4-5-7-18(15)22/h4-8,10,13H,9,11H2,1-3H3,(H,21,23)(H2,20,24,25). The van der Waals surface area contributed by atoms with E-state index in [1.165, 1.54) is 17.7 Å². The molecule has 1 heterocycles. The second-order valence-corrected chi connectivity index (χ2v) is 8.38. The number of sulfonamides is 1. The molecule has 0 radical (unpaired) electrons. The number of amides is 1. The Labute approximate surface area is 154 Å². The van der Waals surface area contributed by atoms with E-state index in [9.17, 15) is 13.2 Å². The van der Waals surface area contributed by atoms with Gasteiger partial charge in [0.25, 0.3) is 0 Å². The lowest BCUT2D eigenvalue weighted by Crippen LogP contribution is -2.37. The molecule has 0 fully saturated rings. The van der Waals surface area contributed by atoms with Gasteiger partial charge < -0.3 is 10.2 Å². The van der Waals surface area contributed by atoms with Gasteiger partial charge in [0.05, 0.1) is 11.4 Å². The number of carbonyl (C=O) groups excluding carboxylic acids is 1. The van der Waals surface area contributed by atoms with Gasteiger partial charge in [-0.05, 0) is 62.1 Å². The van der Waals surface area contributed by atoms with E-state index in [1.807, 2.05) is 25.1 Å². The summed E-state index contributed by atoms with van der Waals surface area (Å²) in [5.74, 6) is -0.192. The summed E-state index contributed by atoms with van der Waals surface area (Å²) in [5, 5.41) is 8.07. The summed E-state index contributed by atoms with van der Waals surface area (Å²) in [7, 11) is -3.83. The summed E-state index contributed by atoms with van der Waals surface area (Å²) >= 11 is 0. The van der Waals surface area contributed by atoms with Crippen molar-refractivity contribution in [3.05, 3.63) is 53.1 Å². The topological polar surface area (TPSA) is 92.5 Å². The lowest BCUT2D eigenvalue weighted by atomic mass is 10.1. The molecule has 0 saturated carbocycles. The molecule has 1 aliphatic rings. The molecule has 1 unspecified atom stereocenters. The second kappa shape index (κ2) is 6.74. The summed E-state index contributed by atoms with van der Waals surface area (Å²) in [5.41, 5.74) is 4.35. The number of hydrogen-bond donors (Lipinski definition) is 2. The minimum absolute atomic E-state index is 0.00390. The highest BCUT2D eigenvalue weighted by Gasteiger charge is 2.27. The predicted octanol–water partition coefficient (Wildman–Crippen LogP) is 2.34. The van der Waals surface area contributed by atoms with Gasteiger partial charge in [-0.15, -0.1) is 0 Å². The van der Waals surface area contributed by atoms with Crippen LogP contribution in [0.1, 0.15) is 23.6 Å². The van der Waals surface area contributed by atoms with Crippen molar-refractivity contribution < 1.29 is 13.2 Å². The number of aryl methyl sites for hydroxylation is 1. The fourth-order valence-corrected chi connectivity index (χ4v) is 3.96. The molecular weight excluding hydrogens is 350 g/mol. The molecule has 2 aromatic carbocycles. The van der Waals surface area contributed by atoms with Gasteiger partial charge in [0.2, 0.25) is 15.9 Å². The number of primary sulfonamides is 1. The van der Waals surface area contributed by atoms with E-state index in [4.69, 9.17) is 5.14 Å². The Morgan fingerprint density at radius 1 is 1.27 bits per heavy atom. The minimum Gasteiger partial charge on any atom is -0.359 e. The molecule has 0 aromatic heterocycles. The molecule has 0 saturated heterocycles. The zero-order valence-corrected chi connectivity index (χ0v) is 15.9. The first-order valence-electron chi connectivity index (χ1n) is 8.45. The Balaban J connectivity index is 1.82. The molecule has 0 aliphatic carbocycles. The van der Waals surface area contributed by atoms with Crippen LogP contribution in [0.2, 0.25) is 0 Å². The van der Waals surface area contributed by atoms with Crippen LogP contribution < -0.4 is 15.4 Å². The van der Waals surface area contributed by atoms with Crippen molar-refractivity contribution in [1.82, 2.24) is 0 Å². The maximum absolute atomic E-state index is 12.6. The van der Waals surface area contributed by atoms with E-state index in [0.29, 0.717) is 5.69 Å². The summed E-state index contributed by atoms with van der Waals surface area (Å²) in [6.45, 7) is 5.92. The highest BCUT2D eigenvalue weighted by atomic mass is 32.2. The third-order valence-electron chi connectivity index (χ3n) is 4.91. The number of fused-ring (bicyclic) bond motifs is 1. The number of hydrogen-bond acceptors (Lipinski definition) is 4. The lowest BCUT2D eigenvalue weighted by Gasteiger charge is -2.24. The van der Waals surface area contributed by atoms with Crippen LogP contribution in [0.15, 0.2) is 41.3 Å². The van der Waals surface area contributed by atoms with Gasteiger partial charge in [-0.2, -0.15) is 0 Å². The number of nitrogens with zero attached hydrogens (tertiary/aromatic N) is 1. The molecule has 26 heavy (non-hydrogen) atoms. The summed E-state index contributed by atoms with van der Waals surface area (Å²) in [6, 6.07) is 11.2. The van der Waals surface area contributed by atoms with Gasteiger partial charge >= 0.3 is 0 Å². The Morgan fingerprint density at radius 2 is 1.96 bits per heavy atom. The first-order chi connectivity index (χ1) is 12.2. The quantitative estimate of drug-likeness (QED) is 0.860. The number of anilines is 2. The predicted molar refractivity (Wildman–Crippen MR) is 103 cm³/mol. The molecule has 3 N–H and O–H groups in total. The normalized spacial score (nSPS) is 16.5. The van der Waals surface area contributed by atoms with Crippen LogP contribution in [0.25, 0.3) is 0 Å². The monoisotopic (exact) mass is 373 g/mol. The third kappa shape index (κ3) is 3.59. The minimum atomic E-state index is -3.83. The SMILES string of the molecule is Cc1cc(S(N)(=O)=O)cc(NC(=O)CN2c3ccccc3CC2C)c1C. The average Bonchev–Trinajstić information content (AvgIpc) is 2.86. The van der Waals surface area contributed by atoms with Gasteiger partial charge in [-0.25, -0.2) is 13.6 Å². The van der Waals surface area contributed by atoms with E-state index in [0.717, 1.165) is 23.2 Å². The van der Waals surface area contributed by atoms with Gasteiger partial charge in [0.15, 0.2) is 0 Å². The van der Waals surface area contributed by atoms with Crippen LogP contribution >= 0.6 is 0 Å². The number of nitrogens with one attached hydrogen (secondary N) is 1. The van der Waals surface area contributed by atoms with E-state index < -0.39 is 10.0 Å². The maximum atomic E-state index is 12.6. The molecule has 138 valence electrons. The van der Waals surface area contributed by atoms with E-state index >= 15 is 0 Å². The summed E-state index contributed by atoms with van der Waals surface area (Å²) < 4.78 is 23.3. The van der Waals surface area contributed by atoms with E-state index in [2.05, 4.69) is 23.2 Å². The van der Waals surface area contributed by atoms with Crippen molar-refractivity contribution in [3.8, 4) is 0 Å². The van der Waals surface area contributed by atoms with Gasteiger partial charge in [0, 0.05) is 17.4 Å². The molecule has 7 heteroatoms. The van der Waals surface area contributed by atoms with Crippen LogP contribution in [0.4, 0.5) is 11.4 Å². The molecule has 1 amide bonds. The maximum Gasteiger partial charge on any atom is 0.243 e. The van der Waals surface area contributed by atoms with Gasteiger partial charge in [-0.1, -0.05) is 18.2 Å². The highest BCUT2D eigenvalue weighted by molar-refractivity contribution is 7.89. The zero-order chi connectivity index (χ0) is 19.1. The second-order valence-electron chi connectivity index (χ2n) is 6.82. The number of rotatable bonds is 4. The number of nitrogens with two attached hydrogens (primary N) is 1. The van der Waals surface area contributed by atoms with E-state index in [1.54, 1.807) is 6.92 Å². The van der Waals surface area contributed by atoms with Crippen molar-refractivity contribution in [3.63, 3.8) is 0 Å². The molecule has 2 aromatic rings. The Bertz CT molecular complexity index is 970. The number of carbonyl (C=O) groups is 1. The van der Waals surface area contributed by atoms with Crippen LogP contribution in [-0.2, 0) is 21.2 Å².